The van der Waals surface area contributed by atoms with Crippen LogP contribution in [-0.2, 0) is 19.2 Å². The van der Waals surface area contributed by atoms with E-state index in [1.165, 1.54) is 4.90 Å². The molecular weight excluding hydrogens is 294 g/mol. The minimum Gasteiger partial charge on any atom is -0.320 e. The molecule has 0 bridgehead atoms. The van der Waals surface area contributed by atoms with Crippen LogP contribution in [0.15, 0.2) is 0 Å². The molecular formula is C13H17N3O4S. The number of hydrogen-bond donors (Lipinski definition) is 1. The summed E-state index contributed by atoms with van der Waals surface area (Å²) in [5.41, 5.74) is 0. The molecule has 3 aliphatic heterocycles. The van der Waals surface area contributed by atoms with Crippen LogP contribution in [0.4, 0.5) is 0 Å². The van der Waals surface area contributed by atoms with E-state index < -0.39 is 23.9 Å². The third kappa shape index (κ3) is 2.12. The second-order valence-corrected chi connectivity index (χ2v) is 7.32. The van der Waals surface area contributed by atoms with Gasteiger partial charge in [0.15, 0.2) is 0 Å². The molecule has 3 rings (SSSR count). The van der Waals surface area contributed by atoms with Gasteiger partial charge in [-0.05, 0) is 20.3 Å². The van der Waals surface area contributed by atoms with Gasteiger partial charge in [0.25, 0.3) is 0 Å². The Bertz CT molecular complexity index is 552. The first-order valence-corrected chi connectivity index (χ1v) is 7.92. The van der Waals surface area contributed by atoms with E-state index in [1.807, 2.05) is 6.92 Å². The van der Waals surface area contributed by atoms with E-state index >= 15 is 0 Å². The molecule has 0 spiro atoms. The summed E-state index contributed by atoms with van der Waals surface area (Å²) in [4.78, 5) is 50.5. The Morgan fingerprint density at radius 3 is 2.81 bits per heavy atom. The maximum Gasteiger partial charge on any atom is 0.249 e. The number of carbonyl (C=O) groups excluding carboxylic acids is 4. The fourth-order valence-electron chi connectivity index (χ4n) is 3.18. The summed E-state index contributed by atoms with van der Waals surface area (Å²) in [5.74, 6) is -0.771. The van der Waals surface area contributed by atoms with Gasteiger partial charge in [-0.3, -0.25) is 24.5 Å². The quantitative estimate of drug-likeness (QED) is 0.648. The molecule has 1 N–H and O–H groups in total. The largest absolute Gasteiger partial charge is 0.320 e. The normalized spacial score (nSPS) is 36.0. The smallest absolute Gasteiger partial charge is 0.249 e. The van der Waals surface area contributed by atoms with E-state index in [0.717, 1.165) is 6.42 Å². The number of nitrogens with one attached hydrogen (secondary N) is 1. The molecule has 8 heteroatoms. The van der Waals surface area contributed by atoms with Crippen molar-refractivity contribution in [2.24, 2.45) is 0 Å². The monoisotopic (exact) mass is 311 g/mol. The zero-order valence-corrected chi connectivity index (χ0v) is 12.7. The maximum atomic E-state index is 12.7. The predicted molar refractivity (Wildman–Crippen MR) is 75.1 cm³/mol. The number of amides is 4. The second kappa shape index (κ2) is 4.72. The van der Waals surface area contributed by atoms with Gasteiger partial charge < -0.3 is 9.80 Å². The molecule has 0 aliphatic carbocycles. The SMILES string of the molecule is CC1C(=O)NC(=O)CN1C(=O)C1CSC2(C)CCC(=O)N12. The molecule has 3 atom stereocenters. The number of hydrogen-bond acceptors (Lipinski definition) is 5. The average Bonchev–Trinajstić information content (AvgIpc) is 2.91. The number of rotatable bonds is 1. The lowest BCUT2D eigenvalue weighted by Crippen LogP contribution is -2.62. The number of carbonyl (C=O) groups is 4. The van der Waals surface area contributed by atoms with Crippen LogP contribution in [-0.4, -0.2) is 62.7 Å². The first-order valence-electron chi connectivity index (χ1n) is 6.94. The Hall–Kier alpha value is -1.57. The van der Waals surface area contributed by atoms with E-state index in [1.54, 1.807) is 23.6 Å². The molecule has 4 amide bonds. The average molecular weight is 311 g/mol. The zero-order valence-electron chi connectivity index (χ0n) is 11.9. The highest BCUT2D eigenvalue weighted by molar-refractivity contribution is 8.01. The molecule has 0 radical (unpaired) electrons. The van der Waals surface area contributed by atoms with Crippen LogP contribution >= 0.6 is 11.8 Å². The highest BCUT2D eigenvalue weighted by Crippen LogP contribution is 2.47. The maximum absolute atomic E-state index is 12.7. The van der Waals surface area contributed by atoms with Crippen molar-refractivity contribution in [3.63, 3.8) is 0 Å². The van der Waals surface area contributed by atoms with E-state index in [9.17, 15) is 19.2 Å². The van der Waals surface area contributed by atoms with Crippen molar-refractivity contribution < 1.29 is 19.2 Å². The van der Waals surface area contributed by atoms with E-state index in [0.29, 0.717) is 12.2 Å². The van der Waals surface area contributed by atoms with Gasteiger partial charge in [0.2, 0.25) is 23.6 Å². The van der Waals surface area contributed by atoms with Crippen molar-refractivity contribution >= 4 is 35.4 Å². The molecule has 7 nitrogen and oxygen atoms in total. The van der Waals surface area contributed by atoms with E-state index in [2.05, 4.69) is 5.32 Å². The topological polar surface area (TPSA) is 86.8 Å². The highest BCUT2D eigenvalue weighted by Gasteiger charge is 2.54. The van der Waals surface area contributed by atoms with Crippen molar-refractivity contribution in [1.29, 1.82) is 0 Å². The molecule has 0 aromatic carbocycles. The van der Waals surface area contributed by atoms with Gasteiger partial charge >= 0.3 is 0 Å². The second-order valence-electron chi connectivity index (χ2n) is 5.82. The van der Waals surface area contributed by atoms with Crippen molar-refractivity contribution in [3.05, 3.63) is 0 Å². The van der Waals surface area contributed by atoms with Gasteiger partial charge in [0.1, 0.15) is 18.6 Å². The molecule has 3 saturated heterocycles. The van der Waals surface area contributed by atoms with E-state index in [4.69, 9.17) is 0 Å². The standard InChI is InChI=1S/C13H17N3O4S/c1-7-11(19)14-9(17)5-15(7)12(20)8-6-21-13(2)4-3-10(18)16(8)13/h7-8H,3-6H2,1-2H3,(H,14,17,19). The summed E-state index contributed by atoms with van der Waals surface area (Å²) in [6, 6.07) is -1.26. The van der Waals surface area contributed by atoms with Gasteiger partial charge in [-0.1, -0.05) is 0 Å². The number of imide groups is 1. The zero-order chi connectivity index (χ0) is 15.4. The van der Waals surface area contributed by atoms with Crippen molar-refractivity contribution in [1.82, 2.24) is 15.1 Å². The summed E-state index contributed by atoms with van der Waals surface area (Å²) in [6.45, 7) is 3.42. The number of nitrogens with zero attached hydrogens (tertiary/aromatic N) is 2. The molecule has 0 saturated carbocycles. The summed E-state index contributed by atoms with van der Waals surface area (Å²) in [6.07, 6.45) is 1.18. The lowest BCUT2D eigenvalue weighted by atomic mass is 10.1. The Morgan fingerprint density at radius 1 is 1.38 bits per heavy atom. The van der Waals surface area contributed by atoms with Crippen LogP contribution in [0, 0.1) is 0 Å². The van der Waals surface area contributed by atoms with Gasteiger partial charge in [-0.2, -0.15) is 0 Å². The predicted octanol–water partition coefficient (Wildman–Crippen LogP) is -0.686. The number of piperazine rings is 1. The lowest BCUT2D eigenvalue weighted by Gasteiger charge is -2.36. The Labute approximate surface area is 126 Å². The summed E-state index contributed by atoms with van der Waals surface area (Å²) >= 11 is 1.59. The van der Waals surface area contributed by atoms with E-state index in [-0.39, 0.29) is 23.2 Å². The van der Waals surface area contributed by atoms with Crippen molar-refractivity contribution in [2.45, 2.75) is 43.6 Å². The summed E-state index contributed by atoms with van der Waals surface area (Å²) in [7, 11) is 0. The minimum absolute atomic E-state index is 0.0266. The molecule has 114 valence electrons. The molecule has 0 aromatic rings. The minimum atomic E-state index is -0.690. The van der Waals surface area contributed by atoms with Crippen molar-refractivity contribution in [3.8, 4) is 0 Å². The van der Waals surface area contributed by atoms with Gasteiger partial charge in [0, 0.05) is 12.2 Å². The Morgan fingerprint density at radius 2 is 2.10 bits per heavy atom. The number of thioether (sulfide) groups is 1. The van der Waals surface area contributed by atoms with Crippen LogP contribution in [0.3, 0.4) is 0 Å². The molecule has 0 aromatic heterocycles. The van der Waals surface area contributed by atoms with Gasteiger partial charge in [-0.15, -0.1) is 11.8 Å². The van der Waals surface area contributed by atoms with Crippen LogP contribution < -0.4 is 5.32 Å². The Kier molecular flexibility index (Phi) is 3.23. The van der Waals surface area contributed by atoms with Gasteiger partial charge in [-0.25, -0.2) is 0 Å². The van der Waals surface area contributed by atoms with Crippen LogP contribution in [0.2, 0.25) is 0 Å². The van der Waals surface area contributed by atoms with Crippen molar-refractivity contribution in [2.75, 3.05) is 12.3 Å². The first-order chi connectivity index (χ1) is 9.83. The van der Waals surface area contributed by atoms with Gasteiger partial charge in [0.05, 0.1) is 4.87 Å². The fraction of sp³-hybridized carbons (Fsp3) is 0.692. The fourth-order valence-corrected chi connectivity index (χ4v) is 4.60. The molecule has 3 aliphatic rings. The molecule has 21 heavy (non-hydrogen) atoms. The lowest BCUT2D eigenvalue weighted by molar-refractivity contribution is -0.153. The molecule has 3 fully saturated rings. The van der Waals surface area contributed by atoms with Crippen LogP contribution in [0.1, 0.15) is 26.7 Å². The van der Waals surface area contributed by atoms with Crippen LogP contribution in [0.5, 0.6) is 0 Å². The third-order valence-corrected chi connectivity index (χ3v) is 5.94. The Balaban J connectivity index is 1.84. The summed E-state index contributed by atoms with van der Waals surface area (Å²) < 4.78 is 0. The first kappa shape index (κ1) is 14.4. The van der Waals surface area contributed by atoms with Crippen LogP contribution in [0.25, 0.3) is 0 Å². The molecule has 3 unspecified atom stereocenters. The number of fused-ring (bicyclic) bond motifs is 1. The third-order valence-electron chi connectivity index (χ3n) is 4.44. The summed E-state index contributed by atoms with van der Waals surface area (Å²) in [5, 5.41) is 2.21. The molecule has 3 heterocycles. The highest BCUT2D eigenvalue weighted by atomic mass is 32.2.